The largest absolute Gasteiger partial charge is 0.487 e. The number of carbonyl (C=O) groups is 1. The van der Waals surface area contributed by atoms with E-state index < -0.39 is 0 Å². The number of ether oxygens (including phenoxy) is 1. The number of rotatable bonds is 4. The highest BCUT2D eigenvalue weighted by atomic mass is 16.5. The molecule has 1 aliphatic rings. The molecule has 0 saturated heterocycles. The minimum absolute atomic E-state index is 0.118. The molecule has 124 valence electrons. The lowest BCUT2D eigenvalue weighted by Crippen LogP contribution is -2.34. The van der Waals surface area contributed by atoms with Crippen LogP contribution in [0.15, 0.2) is 61.1 Å². The highest BCUT2D eigenvalue weighted by Gasteiger charge is 2.26. The Kier molecular flexibility index (Phi) is 4.08. The molecule has 0 radical (unpaired) electrons. The molecule has 1 aromatic carbocycles. The van der Waals surface area contributed by atoms with E-state index in [4.69, 9.17) is 4.74 Å². The first-order valence-electron chi connectivity index (χ1n) is 8.06. The summed E-state index contributed by atoms with van der Waals surface area (Å²) in [6.45, 7) is 0.416. The molecule has 3 heterocycles. The first kappa shape index (κ1) is 15.3. The van der Waals surface area contributed by atoms with Crippen LogP contribution < -0.4 is 10.1 Å². The molecule has 1 N–H and O–H groups in total. The lowest BCUT2D eigenvalue weighted by atomic mass is 10.1. The van der Waals surface area contributed by atoms with E-state index in [9.17, 15) is 4.79 Å². The summed E-state index contributed by atoms with van der Waals surface area (Å²) in [5.74, 6) is 1.23. The number of carbonyl (C=O) groups excluding carboxylic acids is 1. The van der Waals surface area contributed by atoms with E-state index in [1.807, 2.05) is 18.2 Å². The lowest BCUT2D eigenvalue weighted by molar-refractivity contribution is 0.0928. The van der Waals surface area contributed by atoms with Crippen molar-refractivity contribution < 1.29 is 9.53 Å². The van der Waals surface area contributed by atoms with Crippen molar-refractivity contribution in [2.45, 2.75) is 12.5 Å². The van der Waals surface area contributed by atoms with Crippen molar-refractivity contribution in [2.24, 2.45) is 0 Å². The Morgan fingerprint density at radius 2 is 1.88 bits per heavy atom. The third-order valence-corrected chi connectivity index (χ3v) is 4.02. The van der Waals surface area contributed by atoms with Crippen molar-refractivity contribution in [3.05, 3.63) is 72.3 Å². The van der Waals surface area contributed by atoms with Crippen LogP contribution in [0.3, 0.4) is 0 Å². The molecule has 6 nitrogen and oxygen atoms in total. The number of nitrogens with zero attached hydrogens (tertiary/aromatic N) is 3. The monoisotopic (exact) mass is 332 g/mol. The van der Waals surface area contributed by atoms with E-state index >= 15 is 0 Å². The molecule has 1 aliphatic heterocycles. The number of nitrogens with one attached hydrogen (secondary N) is 1. The second kappa shape index (κ2) is 6.68. The van der Waals surface area contributed by atoms with Gasteiger partial charge < -0.3 is 10.1 Å². The van der Waals surface area contributed by atoms with Crippen molar-refractivity contribution in [2.75, 3.05) is 6.54 Å². The maximum absolute atomic E-state index is 12.1. The molecule has 1 atom stereocenters. The van der Waals surface area contributed by atoms with E-state index in [0.717, 1.165) is 23.3 Å². The Morgan fingerprint density at radius 3 is 2.68 bits per heavy atom. The summed E-state index contributed by atoms with van der Waals surface area (Å²) in [6.07, 6.45) is 5.64. The van der Waals surface area contributed by atoms with E-state index in [0.29, 0.717) is 18.1 Å². The molecular weight excluding hydrogens is 316 g/mol. The van der Waals surface area contributed by atoms with E-state index in [2.05, 4.69) is 20.3 Å². The van der Waals surface area contributed by atoms with Crippen LogP contribution in [0.5, 0.6) is 5.75 Å². The zero-order valence-electron chi connectivity index (χ0n) is 13.4. The fourth-order valence-electron chi connectivity index (χ4n) is 2.86. The maximum Gasteiger partial charge on any atom is 0.270 e. The normalized spacial score (nSPS) is 15.3. The number of para-hydroxylation sites is 1. The van der Waals surface area contributed by atoms with Crippen molar-refractivity contribution >= 4 is 5.91 Å². The van der Waals surface area contributed by atoms with E-state index in [-0.39, 0.29) is 12.0 Å². The van der Waals surface area contributed by atoms with Gasteiger partial charge in [-0.15, -0.1) is 0 Å². The summed E-state index contributed by atoms with van der Waals surface area (Å²) in [6, 6.07) is 13.0. The van der Waals surface area contributed by atoms with Gasteiger partial charge in [0, 0.05) is 25.0 Å². The van der Waals surface area contributed by atoms with Gasteiger partial charge in [-0.25, -0.2) is 9.97 Å². The molecule has 0 bridgehead atoms. The SMILES string of the molecule is O=C(NCC1Cc2cccc(-c3ncccn3)c2O1)c1ccccn1. The first-order chi connectivity index (χ1) is 12.3. The van der Waals surface area contributed by atoms with Gasteiger partial charge in [-0.3, -0.25) is 9.78 Å². The zero-order valence-corrected chi connectivity index (χ0v) is 13.4. The van der Waals surface area contributed by atoms with Crippen molar-refractivity contribution in [3.63, 3.8) is 0 Å². The molecule has 0 fully saturated rings. The Balaban J connectivity index is 1.46. The van der Waals surface area contributed by atoms with E-state index in [1.165, 1.54) is 0 Å². The molecule has 6 heteroatoms. The molecule has 1 unspecified atom stereocenters. The Hall–Kier alpha value is -3.28. The standard InChI is InChI=1S/C19H16N4O2/c24-19(16-7-1-2-8-20-16)23-12-14-11-13-5-3-6-15(17(13)25-14)18-21-9-4-10-22-18/h1-10,14H,11-12H2,(H,23,24). The van der Waals surface area contributed by atoms with Gasteiger partial charge in [0.05, 0.1) is 12.1 Å². The van der Waals surface area contributed by atoms with Gasteiger partial charge in [0.2, 0.25) is 0 Å². The summed E-state index contributed by atoms with van der Waals surface area (Å²) < 4.78 is 6.06. The summed E-state index contributed by atoms with van der Waals surface area (Å²) >= 11 is 0. The predicted octanol–water partition coefficient (Wildman–Crippen LogP) is 2.27. The molecular formula is C19H16N4O2. The molecule has 0 aliphatic carbocycles. The second-order valence-corrected chi connectivity index (χ2v) is 5.74. The summed E-state index contributed by atoms with van der Waals surface area (Å²) in [7, 11) is 0. The lowest BCUT2D eigenvalue weighted by Gasteiger charge is -2.13. The van der Waals surface area contributed by atoms with Gasteiger partial charge in [0.1, 0.15) is 17.5 Å². The van der Waals surface area contributed by atoms with Crippen LogP contribution >= 0.6 is 0 Å². The Labute approximate surface area is 144 Å². The highest BCUT2D eigenvalue weighted by Crippen LogP contribution is 2.37. The number of hydrogen-bond donors (Lipinski definition) is 1. The molecule has 4 rings (SSSR count). The first-order valence-corrected chi connectivity index (χ1v) is 8.06. The molecule has 2 aromatic heterocycles. The van der Waals surface area contributed by atoms with Gasteiger partial charge in [-0.1, -0.05) is 18.2 Å². The number of aromatic nitrogens is 3. The molecule has 0 spiro atoms. The molecule has 3 aromatic rings. The van der Waals surface area contributed by atoms with E-state index in [1.54, 1.807) is 42.9 Å². The second-order valence-electron chi connectivity index (χ2n) is 5.74. The van der Waals surface area contributed by atoms with Crippen molar-refractivity contribution in [3.8, 4) is 17.1 Å². The fraction of sp³-hybridized carbons (Fsp3) is 0.158. The Morgan fingerprint density at radius 1 is 1.04 bits per heavy atom. The topological polar surface area (TPSA) is 77.0 Å². The number of amides is 1. The van der Waals surface area contributed by atoms with Crippen LogP contribution in [0, 0.1) is 0 Å². The molecule has 25 heavy (non-hydrogen) atoms. The number of hydrogen-bond acceptors (Lipinski definition) is 5. The van der Waals surface area contributed by atoms with Gasteiger partial charge >= 0.3 is 0 Å². The number of pyridine rings is 1. The van der Waals surface area contributed by atoms with Crippen LogP contribution in [0.4, 0.5) is 0 Å². The van der Waals surface area contributed by atoms with Crippen LogP contribution in [-0.2, 0) is 6.42 Å². The minimum atomic E-state index is -0.202. The molecule has 0 saturated carbocycles. The maximum atomic E-state index is 12.1. The van der Waals surface area contributed by atoms with Crippen LogP contribution in [0.2, 0.25) is 0 Å². The van der Waals surface area contributed by atoms with Crippen LogP contribution in [-0.4, -0.2) is 33.5 Å². The summed E-state index contributed by atoms with van der Waals surface area (Å²) in [4.78, 5) is 24.8. The Bertz CT molecular complexity index is 884. The average Bonchev–Trinajstić information content (AvgIpc) is 3.10. The van der Waals surface area contributed by atoms with Crippen LogP contribution in [0.25, 0.3) is 11.4 Å². The predicted molar refractivity (Wildman–Crippen MR) is 92.2 cm³/mol. The summed E-state index contributed by atoms with van der Waals surface area (Å²) in [5, 5.41) is 2.88. The summed E-state index contributed by atoms with van der Waals surface area (Å²) in [5.41, 5.74) is 2.37. The average molecular weight is 332 g/mol. The highest BCUT2D eigenvalue weighted by molar-refractivity contribution is 5.92. The third-order valence-electron chi connectivity index (χ3n) is 4.02. The van der Waals surface area contributed by atoms with Crippen molar-refractivity contribution in [1.82, 2.24) is 20.3 Å². The quantitative estimate of drug-likeness (QED) is 0.793. The van der Waals surface area contributed by atoms with Crippen LogP contribution in [0.1, 0.15) is 16.1 Å². The van der Waals surface area contributed by atoms with Gasteiger partial charge in [0.15, 0.2) is 5.82 Å². The smallest absolute Gasteiger partial charge is 0.270 e. The molecule has 1 amide bonds. The number of fused-ring (bicyclic) bond motifs is 1. The minimum Gasteiger partial charge on any atom is -0.487 e. The van der Waals surface area contributed by atoms with Crippen molar-refractivity contribution in [1.29, 1.82) is 0 Å². The fourth-order valence-corrected chi connectivity index (χ4v) is 2.86. The number of benzene rings is 1. The third kappa shape index (κ3) is 3.19. The van der Waals surface area contributed by atoms with Gasteiger partial charge in [-0.2, -0.15) is 0 Å². The van der Waals surface area contributed by atoms with Gasteiger partial charge in [0.25, 0.3) is 5.91 Å². The van der Waals surface area contributed by atoms with Gasteiger partial charge in [-0.05, 0) is 29.8 Å². The zero-order chi connectivity index (χ0) is 17.1.